The number of carbonyl (C=O) groups is 2. The average molecular weight is 635 g/mol. The number of benzene rings is 2. The van der Waals surface area contributed by atoms with Crippen LogP contribution in [0.1, 0.15) is 41.5 Å². The number of thioether (sulfide) groups is 2. The molecule has 43 heavy (non-hydrogen) atoms. The van der Waals surface area contributed by atoms with Crippen LogP contribution in [0, 0.1) is 0 Å². The highest BCUT2D eigenvalue weighted by molar-refractivity contribution is 8.15. The Morgan fingerprint density at radius 2 is 1.05 bits per heavy atom. The molecule has 2 unspecified atom stereocenters. The maximum Gasteiger partial charge on any atom is 0.329 e. The highest BCUT2D eigenvalue weighted by atomic mass is 32.2. The molecule has 2 aliphatic rings. The highest BCUT2D eigenvalue weighted by Gasteiger charge is 2.28. The number of nitrogens with zero attached hydrogens (tertiary/aromatic N) is 2. The fourth-order valence-corrected chi connectivity index (χ4v) is 6.59. The van der Waals surface area contributed by atoms with Crippen LogP contribution in [0.4, 0.5) is 0 Å². The van der Waals surface area contributed by atoms with Gasteiger partial charge < -0.3 is 40.1 Å². The Morgan fingerprint density at radius 1 is 0.651 bits per heavy atom. The van der Waals surface area contributed by atoms with Crippen molar-refractivity contribution in [1.29, 1.82) is 0 Å². The van der Waals surface area contributed by atoms with Gasteiger partial charge in [0.25, 0.3) is 0 Å². The summed E-state index contributed by atoms with van der Waals surface area (Å²) in [5.41, 5.74) is 2.06. The molecule has 2 heterocycles. The smallest absolute Gasteiger partial charge is 0.329 e. The second kappa shape index (κ2) is 15.3. The Morgan fingerprint density at radius 3 is 1.42 bits per heavy atom. The number of hydrogen-bond donors (Lipinski definition) is 6. The molecule has 14 heteroatoms. The normalized spacial score (nSPS) is 18.0. The van der Waals surface area contributed by atoms with E-state index in [1.807, 2.05) is 0 Å². The molecule has 4 rings (SSSR count). The van der Waals surface area contributed by atoms with Crippen molar-refractivity contribution in [2.24, 2.45) is 9.98 Å². The number of phenols is 4. The van der Waals surface area contributed by atoms with Crippen LogP contribution in [-0.4, -0.2) is 103 Å². The third-order valence-electron chi connectivity index (χ3n) is 6.77. The van der Waals surface area contributed by atoms with Gasteiger partial charge in [0, 0.05) is 61.2 Å². The summed E-state index contributed by atoms with van der Waals surface area (Å²) in [6.07, 6.45) is 2.97. The zero-order valence-electron chi connectivity index (χ0n) is 23.3. The van der Waals surface area contributed by atoms with E-state index in [4.69, 9.17) is 19.7 Å². The van der Waals surface area contributed by atoms with Crippen molar-refractivity contribution >= 4 is 45.5 Å². The molecule has 0 aromatic heterocycles. The molecular formula is C29H34N2O10S2. The van der Waals surface area contributed by atoms with Gasteiger partial charge in [0.15, 0.2) is 12.1 Å². The molecule has 0 radical (unpaired) electrons. The van der Waals surface area contributed by atoms with E-state index in [-0.39, 0.29) is 23.0 Å². The third-order valence-corrected chi connectivity index (χ3v) is 8.94. The van der Waals surface area contributed by atoms with Crippen molar-refractivity contribution in [2.45, 2.75) is 44.2 Å². The molecule has 0 amide bonds. The summed E-state index contributed by atoms with van der Waals surface area (Å²) in [6.45, 7) is 1.92. The van der Waals surface area contributed by atoms with Gasteiger partial charge in [-0.05, 0) is 55.4 Å². The topological polar surface area (TPSA) is 199 Å². The van der Waals surface area contributed by atoms with Gasteiger partial charge in [0.2, 0.25) is 0 Å². The minimum atomic E-state index is -1.01. The predicted molar refractivity (Wildman–Crippen MR) is 163 cm³/mol. The summed E-state index contributed by atoms with van der Waals surface area (Å²) in [6, 6.07) is 4.10. The molecular weight excluding hydrogens is 600 g/mol. The van der Waals surface area contributed by atoms with Crippen LogP contribution in [0.2, 0.25) is 0 Å². The lowest BCUT2D eigenvalue weighted by Gasteiger charge is -2.11. The lowest BCUT2D eigenvalue weighted by molar-refractivity contribution is -0.138. The van der Waals surface area contributed by atoms with E-state index in [9.17, 15) is 30.0 Å². The van der Waals surface area contributed by atoms with Crippen LogP contribution >= 0.6 is 23.5 Å². The van der Waals surface area contributed by atoms with Crippen molar-refractivity contribution in [3.8, 4) is 23.0 Å². The number of aliphatic imine (C=N–C) groups is 2. The second-order valence-corrected chi connectivity index (χ2v) is 12.0. The fraction of sp³-hybridized carbons (Fsp3) is 0.448. The monoisotopic (exact) mass is 634 g/mol. The van der Waals surface area contributed by atoms with Gasteiger partial charge in [-0.3, -0.25) is 9.98 Å². The lowest BCUT2D eigenvalue weighted by atomic mass is 10.0. The molecule has 0 saturated heterocycles. The number of ether oxygens (including phenoxy) is 2. The SMILES string of the molecule is O=C(O)C1CSC(c2cc(CCCOCCCOCCCc3cc(C4=NC(C(=O)O)CS4)c(O)cc3O)c(O)cc2O)=N1. The summed E-state index contributed by atoms with van der Waals surface area (Å²) in [5, 5.41) is 60.1. The molecule has 0 saturated carbocycles. The van der Waals surface area contributed by atoms with Gasteiger partial charge in [-0.15, -0.1) is 23.5 Å². The zero-order valence-corrected chi connectivity index (χ0v) is 24.9. The molecule has 2 aliphatic heterocycles. The van der Waals surface area contributed by atoms with Crippen molar-refractivity contribution in [1.82, 2.24) is 0 Å². The Kier molecular flexibility index (Phi) is 11.6. The van der Waals surface area contributed by atoms with E-state index in [1.165, 1.54) is 35.7 Å². The van der Waals surface area contributed by atoms with E-state index in [2.05, 4.69) is 9.98 Å². The standard InChI is InChI=1S/C29H34N2O10S2/c32-22-12-24(34)18(26-30-20(14-42-26)28(36)37)10-16(22)4-1-6-40-8-3-9-41-7-2-5-17-11-19(25(35)13-23(17)33)27-31-21(15-43-27)29(38)39/h10-13,20-21,32-35H,1-9,14-15H2,(H,36,37)(H,38,39). The van der Waals surface area contributed by atoms with Crippen LogP contribution in [0.15, 0.2) is 34.3 Å². The Labute approximate surface area is 256 Å². The molecule has 12 nitrogen and oxygen atoms in total. The van der Waals surface area contributed by atoms with Gasteiger partial charge in [0.1, 0.15) is 33.1 Å². The second-order valence-electron chi connectivity index (χ2n) is 9.98. The molecule has 6 N–H and O–H groups in total. The number of carboxylic acids is 2. The van der Waals surface area contributed by atoms with Crippen LogP contribution in [0.5, 0.6) is 23.0 Å². The number of carboxylic acid groups (broad SMARTS) is 2. The van der Waals surface area contributed by atoms with Crippen molar-refractivity contribution < 1.29 is 49.7 Å². The first-order valence-electron chi connectivity index (χ1n) is 13.8. The van der Waals surface area contributed by atoms with Crippen LogP contribution in [0.3, 0.4) is 0 Å². The van der Waals surface area contributed by atoms with Crippen LogP contribution in [-0.2, 0) is 31.9 Å². The maximum atomic E-state index is 11.2. The molecule has 2 aromatic rings. The summed E-state index contributed by atoms with van der Waals surface area (Å²) in [5.74, 6) is -1.79. The summed E-state index contributed by atoms with van der Waals surface area (Å²) in [4.78, 5) is 30.6. The number of hydrogen-bond acceptors (Lipinski definition) is 12. The summed E-state index contributed by atoms with van der Waals surface area (Å²) >= 11 is 2.52. The summed E-state index contributed by atoms with van der Waals surface area (Å²) < 4.78 is 11.3. The summed E-state index contributed by atoms with van der Waals surface area (Å²) in [7, 11) is 0. The molecule has 0 spiro atoms. The van der Waals surface area contributed by atoms with Crippen molar-refractivity contribution in [2.75, 3.05) is 37.9 Å². The van der Waals surface area contributed by atoms with E-state index in [1.54, 1.807) is 12.1 Å². The first kappa shape index (κ1) is 32.5. The minimum absolute atomic E-state index is 0.0390. The minimum Gasteiger partial charge on any atom is -0.508 e. The van der Waals surface area contributed by atoms with Gasteiger partial charge in [-0.2, -0.15) is 0 Å². The lowest BCUT2D eigenvalue weighted by Crippen LogP contribution is -2.17. The molecule has 232 valence electrons. The van der Waals surface area contributed by atoms with Crippen LogP contribution < -0.4 is 0 Å². The highest BCUT2D eigenvalue weighted by Crippen LogP contribution is 2.35. The van der Waals surface area contributed by atoms with Crippen molar-refractivity contribution in [3.63, 3.8) is 0 Å². The largest absolute Gasteiger partial charge is 0.508 e. The maximum absolute atomic E-state index is 11.2. The number of aliphatic carboxylic acids is 2. The van der Waals surface area contributed by atoms with Gasteiger partial charge in [-0.1, -0.05) is 0 Å². The zero-order chi connectivity index (χ0) is 30.9. The predicted octanol–water partition coefficient (Wildman–Crippen LogP) is 3.39. The first-order valence-corrected chi connectivity index (χ1v) is 15.7. The Bertz CT molecular complexity index is 1290. The third kappa shape index (κ3) is 8.78. The number of phenolic OH excluding ortho intramolecular Hbond substituents is 4. The molecule has 0 aliphatic carbocycles. The van der Waals surface area contributed by atoms with E-state index in [0.717, 1.165) is 0 Å². The van der Waals surface area contributed by atoms with Crippen LogP contribution in [0.25, 0.3) is 0 Å². The van der Waals surface area contributed by atoms with Gasteiger partial charge in [-0.25, -0.2) is 9.59 Å². The fourth-order valence-electron chi connectivity index (χ4n) is 4.48. The quantitative estimate of drug-likeness (QED) is 0.147. The van der Waals surface area contributed by atoms with E-state index in [0.29, 0.717) is 102 Å². The molecule has 2 aromatic carbocycles. The van der Waals surface area contributed by atoms with E-state index < -0.39 is 24.0 Å². The van der Waals surface area contributed by atoms with Gasteiger partial charge >= 0.3 is 11.9 Å². The Hall–Kier alpha value is -3.46. The molecule has 0 fully saturated rings. The Balaban J connectivity index is 1.11. The molecule has 2 atom stereocenters. The first-order chi connectivity index (χ1) is 20.6. The molecule has 0 bridgehead atoms. The number of rotatable bonds is 16. The number of aryl methyl sites for hydroxylation is 2. The van der Waals surface area contributed by atoms with E-state index >= 15 is 0 Å². The number of aromatic hydroxyl groups is 4. The van der Waals surface area contributed by atoms with Gasteiger partial charge in [0.05, 0.1) is 0 Å². The van der Waals surface area contributed by atoms with Crippen molar-refractivity contribution in [3.05, 3.63) is 46.5 Å². The average Bonchev–Trinajstić information content (AvgIpc) is 3.65.